The molecule has 0 amide bonds. The number of nitrogens with zero attached hydrogens (tertiary/aromatic N) is 1. The Morgan fingerprint density at radius 1 is 1.31 bits per heavy atom. The molecule has 3 heteroatoms. The van der Waals surface area contributed by atoms with Crippen molar-refractivity contribution in [3.63, 3.8) is 0 Å². The first-order valence-electron chi connectivity index (χ1n) is 5.89. The number of hydrogen-bond acceptors (Lipinski definition) is 3. The summed E-state index contributed by atoms with van der Waals surface area (Å²) in [4.78, 5) is 5.99. The minimum Gasteiger partial charge on any atom is -0.386 e. The van der Waals surface area contributed by atoms with Crippen LogP contribution in [0.2, 0.25) is 0 Å². The first-order chi connectivity index (χ1) is 7.21. The fraction of sp³-hybridized carbons (Fsp3) is 0.769. The lowest BCUT2D eigenvalue weighted by Gasteiger charge is -2.39. The molecule has 0 fully saturated rings. The molecule has 1 aliphatic rings. The van der Waals surface area contributed by atoms with E-state index >= 15 is 0 Å². The Morgan fingerprint density at radius 2 is 1.94 bits per heavy atom. The first-order valence-corrected chi connectivity index (χ1v) is 6.71. The van der Waals surface area contributed by atoms with Crippen molar-refractivity contribution in [3.8, 4) is 0 Å². The zero-order chi connectivity index (χ0) is 12.1. The summed E-state index contributed by atoms with van der Waals surface area (Å²) in [6.07, 6.45) is 1.79. The molecule has 1 aromatic rings. The van der Waals surface area contributed by atoms with Crippen LogP contribution < -0.4 is 0 Å². The van der Waals surface area contributed by atoms with Gasteiger partial charge in [-0.25, -0.2) is 4.98 Å². The van der Waals surface area contributed by atoms with E-state index in [1.54, 1.807) is 18.3 Å². The zero-order valence-electron chi connectivity index (χ0n) is 10.8. The Kier molecular flexibility index (Phi) is 2.67. The minimum atomic E-state index is -0.436. The molecular formula is C13H21NOS. The predicted molar refractivity (Wildman–Crippen MR) is 67.9 cm³/mol. The fourth-order valence-electron chi connectivity index (χ4n) is 2.99. The molecule has 0 saturated heterocycles. The van der Waals surface area contributed by atoms with E-state index < -0.39 is 6.10 Å². The number of rotatable bonds is 1. The lowest BCUT2D eigenvalue weighted by atomic mass is 9.67. The van der Waals surface area contributed by atoms with E-state index in [1.807, 2.05) is 0 Å². The highest BCUT2D eigenvalue weighted by molar-refractivity contribution is 7.12. The Labute approximate surface area is 102 Å². The maximum atomic E-state index is 9.62. The molecule has 1 heterocycles. The van der Waals surface area contributed by atoms with Crippen molar-refractivity contribution < 1.29 is 5.11 Å². The molecule has 0 bridgehead atoms. The third kappa shape index (κ3) is 2.03. The van der Waals surface area contributed by atoms with Crippen LogP contribution in [0, 0.1) is 5.41 Å². The van der Waals surface area contributed by atoms with Gasteiger partial charge in [-0.2, -0.15) is 0 Å². The molecule has 90 valence electrons. The number of aromatic nitrogens is 1. The van der Waals surface area contributed by atoms with Gasteiger partial charge in [0, 0.05) is 10.3 Å². The maximum absolute atomic E-state index is 9.62. The third-order valence-corrected chi connectivity index (χ3v) is 4.89. The van der Waals surface area contributed by atoms with Crippen LogP contribution in [0.5, 0.6) is 0 Å². The smallest absolute Gasteiger partial charge is 0.121 e. The van der Waals surface area contributed by atoms with Crippen molar-refractivity contribution in [1.82, 2.24) is 4.98 Å². The number of fused-ring (bicyclic) bond motifs is 1. The van der Waals surface area contributed by atoms with Gasteiger partial charge in [0.1, 0.15) is 11.1 Å². The molecule has 2 nitrogen and oxygen atoms in total. The maximum Gasteiger partial charge on any atom is 0.121 e. The van der Waals surface area contributed by atoms with Gasteiger partial charge in [0.05, 0.1) is 5.69 Å². The van der Waals surface area contributed by atoms with E-state index in [0.29, 0.717) is 5.41 Å². The Balaban J connectivity index is 2.48. The second kappa shape index (κ2) is 3.54. The van der Waals surface area contributed by atoms with E-state index in [1.165, 1.54) is 17.0 Å². The molecule has 1 N–H and O–H groups in total. The van der Waals surface area contributed by atoms with Crippen LogP contribution in [0.4, 0.5) is 0 Å². The van der Waals surface area contributed by atoms with Crippen LogP contribution in [0.15, 0.2) is 0 Å². The summed E-state index contributed by atoms with van der Waals surface area (Å²) >= 11 is 1.69. The van der Waals surface area contributed by atoms with Crippen molar-refractivity contribution >= 4 is 11.3 Å². The van der Waals surface area contributed by atoms with Crippen LogP contribution >= 0.6 is 11.3 Å². The van der Waals surface area contributed by atoms with E-state index in [-0.39, 0.29) is 5.41 Å². The molecule has 1 aromatic heterocycles. The van der Waals surface area contributed by atoms with Gasteiger partial charge < -0.3 is 5.11 Å². The van der Waals surface area contributed by atoms with Crippen LogP contribution in [-0.4, -0.2) is 10.1 Å². The van der Waals surface area contributed by atoms with Gasteiger partial charge >= 0.3 is 0 Å². The van der Waals surface area contributed by atoms with Gasteiger partial charge in [-0.05, 0) is 25.2 Å². The number of hydrogen-bond donors (Lipinski definition) is 1. The van der Waals surface area contributed by atoms with Crippen molar-refractivity contribution in [3.05, 3.63) is 15.6 Å². The summed E-state index contributed by atoms with van der Waals surface area (Å²) in [7, 11) is 0. The van der Waals surface area contributed by atoms with Gasteiger partial charge in [0.15, 0.2) is 0 Å². The zero-order valence-corrected chi connectivity index (χ0v) is 11.6. The highest BCUT2D eigenvalue weighted by Crippen LogP contribution is 2.48. The molecule has 0 aliphatic heterocycles. The van der Waals surface area contributed by atoms with E-state index in [0.717, 1.165) is 11.4 Å². The minimum absolute atomic E-state index is 0.196. The standard InChI is InChI=1S/C13H21NOS/c1-8(15)11-14-9-6-12(2,3)7-13(4,5)10(9)16-11/h8,15H,6-7H2,1-5H3. The summed E-state index contributed by atoms with van der Waals surface area (Å²) < 4.78 is 0. The molecular weight excluding hydrogens is 218 g/mol. The van der Waals surface area contributed by atoms with Crippen molar-refractivity contribution in [2.45, 2.75) is 59.0 Å². The summed E-state index contributed by atoms with van der Waals surface area (Å²) in [5.41, 5.74) is 1.73. The van der Waals surface area contributed by atoms with Crippen molar-refractivity contribution in [2.24, 2.45) is 5.41 Å². The molecule has 0 aromatic carbocycles. The largest absolute Gasteiger partial charge is 0.386 e. The quantitative estimate of drug-likeness (QED) is 0.814. The summed E-state index contributed by atoms with van der Waals surface area (Å²) in [6, 6.07) is 0. The molecule has 1 unspecified atom stereocenters. The van der Waals surface area contributed by atoms with Gasteiger partial charge in [-0.3, -0.25) is 0 Å². The Hall–Kier alpha value is -0.410. The number of aliphatic hydroxyl groups excluding tert-OH is 1. The Morgan fingerprint density at radius 3 is 2.50 bits per heavy atom. The molecule has 0 saturated carbocycles. The van der Waals surface area contributed by atoms with Crippen molar-refractivity contribution in [2.75, 3.05) is 0 Å². The molecule has 1 atom stereocenters. The summed E-state index contributed by atoms with van der Waals surface area (Å²) in [6.45, 7) is 11.0. The van der Waals surface area contributed by atoms with Gasteiger partial charge in [-0.1, -0.05) is 27.7 Å². The lowest BCUT2D eigenvalue weighted by Crippen LogP contribution is -2.33. The number of aliphatic hydroxyl groups is 1. The molecule has 16 heavy (non-hydrogen) atoms. The lowest BCUT2D eigenvalue weighted by molar-refractivity contribution is 0.197. The topological polar surface area (TPSA) is 33.1 Å². The monoisotopic (exact) mass is 239 g/mol. The summed E-state index contributed by atoms with van der Waals surface area (Å²) in [5, 5.41) is 10.5. The second-order valence-corrected chi connectivity index (χ2v) is 7.44. The fourth-order valence-corrected chi connectivity index (χ4v) is 4.11. The predicted octanol–water partition coefficient (Wildman–Crippen LogP) is 3.45. The van der Waals surface area contributed by atoms with Crippen LogP contribution in [0.25, 0.3) is 0 Å². The first kappa shape index (κ1) is 12.1. The third-order valence-electron chi connectivity index (χ3n) is 3.25. The normalized spacial score (nSPS) is 23.9. The average Bonchev–Trinajstić information content (AvgIpc) is 2.44. The molecule has 1 aliphatic carbocycles. The van der Waals surface area contributed by atoms with Gasteiger partial charge in [-0.15, -0.1) is 11.3 Å². The Bertz CT molecular complexity index is 404. The van der Waals surface area contributed by atoms with Crippen molar-refractivity contribution in [1.29, 1.82) is 0 Å². The van der Waals surface area contributed by atoms with Gasteiger partial charge in [0.25, 0.3) is 0 Å². The van der Waals surface area contributed by atoms with E-state index in [2.05, 4.69) is 32.7 Å². The second-order valence-electron chi connectivity index (χ2n) is 6.41. The van der Waals surface area contributed by atoms with Gasteiger partial charge in [0.2, 0.25) is 0 Å². The van der Waals surface area contributed by atoms with Crippen LogP contribution in [-0.2, 0) is 11.8 Å². The SMILES string of the molecule is CC(O)c1nc2c(s1)C(C)(C)CC(C)(C)C2. The van der Waals surface area contributed by atoms with Crippen LogP contribution in [0.3, 0.4) is 0 Å². The molecule has 2 rings (SSSR count). The summed E-state index contributed by atoms with van der Waals surface area (Å²) in [5.74, 6) is 0. The molecule has 0 spiro atoms. The van der Waals surface area contributed by atoms with E-state index in [4.69, 9.17) is 0 Å². The highest BCUT2D eigenvalue weighted by atomic mass is 32.1. The van der Waals surface area contributed by atoms with E-state index in [9.17, 15) is 5.11 Å². The molecule has 0 radical (unpaired) electrons. The highest BCUT2D eigenvalue weighted by Gasteiger charge is 2.40. The average molecular weight is 239 g/mol. The number of thiazole rings is 1. The van der Waals surface area contributed by atoms with Crippen LogP contribution in [0.1, 0.15) is 62.7 Å².